The van der Waals surface area contributed by atoms with Crippen LogP contribution in [0.3, 0.4) is 0 Å². The Balaban J connectivity index is 1.64. The molecule has 1 saturated heterocycles. The molecule has 0 aromatic heterocycles. The van der Waals surface area contributed by atoms with Gasteiger partial charge in [-0.05, 0) is 38.8 Å². The fraction of sp³-hybridized carbons (Fsp3) is 0.500. The first-order chi connectivity index (χ1) is 13.7. The molecule has 29 heavy (non-hydrogen) atoms. The molecule has 1 N–H and O–H groups in total. The van der Waals surface area contributed by atoms with Gasteiger partial charge >= 0.3 is 5.97 Å². The van der Waals surface area contributed by atoms with Crippen LogP contribution in [0.15, 0.2) is 18.2 Å². The van der Waals surface area contributed by atoms with E-state index in [1.165, 1.54) is 13.8 Å². The number of ether oxygens (including phenoxy) is 1. The lowest BCUT2D eigenvalue weighted by Crippen LogP contribution is -2.46. The molecule has 0 bridgehead atoms. The number of amides is 3. The number of para-hydroxylation sites is 1. The molecular formula is C20H22F2N2O5. The van der Waals surface area contributed by atoms with Crippen LogP contribution in [0.1, 0.15) is 39.5 Å². The maximum Gasteiger partial charge on any atom is 0.329 e. The Bertz CT molecular complexity index is 815. The summed E-state index contributed by atoms with van der Waals surface area (Å²) >= 11 is 0. The van der Waals surface area contributed by atoms with Crippen LogP contribution in [0.25, 0.3) is 0 Å². The zero-order valence-electron chi connectivity index (χ0n) is 16.1. The molecule has 1 aromatic rings. The van der Waals surface area contributed by atoms with Gasteiger partial charge in [-0.25, -0.2) is 13.6 Å². The lowest BCUT2D eigenvalue weighted by molar-refractivity contribution is -0.163. The molecule has 9 heteroatoms. The number of imide groups is 1. The van der Waals surface area contributed by atoms with Crippen LogP contribution in [0.2, 0.25) is 0 Å². The number of hydrogen-bond acceptors (Lipinski definition) is 5. The Labute approximate surface area is 166 Å². The summed E-state index contributed by atoms with van der Waals surface area (Å²) in [5, 5.41) is 2.04. The van der Waals surface area contributed by atoms with Crippen molar-refractivity contribution in [3.8, 4) is 0 Å². The van der Waals surface area contributed by atoms with Gasteiger partial charge in [0.2, 0.25) is 11.8 Å². The molecule has 0 spiro atoms. The number of fused-ring (bicyclic) bond motifs is 1. The van der Waals surface area contributed by atoms with Gasteiger partial charge in [0.1, 0.15) is 23.4 Å². The van der Waals surface area contributed by atoms with Crippen LogP contribution in [0, 0.1) is 23.5 Å². The molecule has 4 atom stereocenters. The van der Waals surface area contributed by atoms with E-state index in [1.54, 1.807) is 0 Å². The molecule has 1 aliphatic heterocycles. The molecule has 0 unspecified atom stereocenters. The van der Waals surface area contributed by atoms with E-state index in [9.17, 15) is 28.0 Å². The van der Waals surface area contributed by atoms with E-state index in [2.05, 4.69) is 0 Å². The number of esters is 1. The van der Waals surface area contributed by atoms with Gasteiger partial charge in [0, 0.05) is 0 Å². The van der Waals surface area contributed by atoms with E-state index in [-0.39, 0.29) is 0 Å². The number of halogens is 2. The van der Waals surface area contributed by atoms with E-state index < -0.39 is 65.0 Å². The second kappa shape index (κ2) is 8.26. The largest absolute Gasteiger partial charge is 0.451 e. The van der Waals surface area contributed by atoms with Crippen molar-refractivity contribution in [2.24, 2.45) is 11.8 Å². The number of benzene rings is 1. The quantitative estimate of drug-likeness (QED) is 0.597. The van der Waals surface area contributed by atoms with Gasteiger partial charge in [0.15, 0.2) is 6.10 Å². The third-order valence-corrected chi connectivity index (χ3v) is 5.48. The SMILES string of the molecule is C[C@@H](OC(=O)[C@H](C)N1C(=O)[C@H]2CCCC[C@H]2C1=O)C(=O)Nc1c(F)cccc1F. The van der Waals surface area contributed by atoms with Crippen molar-refractivity contribution >= 4 is 29.4 Å². The maximum absolute atomic E-state index is 13.7. The minimum Gasteiger partial charge on any atom is -0.451 e. The molecule has 1 aromatic carbocycles. The molecule has 1 saturated carbocycles. The second-order valence-corrected chi connectivity index (χ2v) is 7.38. The highest BCUT2D eigenvalue weighted by Crippen LogP contribution is 2.39. The van der Waals surface area contributed by atoms with Crippen molar-refractivity contribution in [3.05, 3.63) is 29.8 Å². The zero-order valence-corrected chi connectivity index (χ0v) is 16.1. The normalized spacial score (nSPS) is 23.4. The molecule has 3 rings (SSSR count). The first kappa shape index (κ1) is 20.9. The van der Waals surface area contributed by atoms with Crippen molar-refractivity contribution in [1.82, 2.24) is 4.90 Å². The predicted molar refractivity (Wildman–Crippen MR) is 97.3 cm³/mol. The first-order valence-corrected chi connectivity index (χ1v) is 9.54. The molecule has 3 amide bonds. The predicted octanol–water partition coefficient (Wildman–Crippen LogP) is 2.40. The first-order valence-electron chi connectivity index (χ1n) is 9.54. The van der Waals surface area contributed by atoms with Crippen LogP contribution in [0.5, 0.6) is 0 Å². The van der Waals surface area contributed by atoms with Crippen LogP contribution < -0.4 is 5.32 Å². The molecule has 7 nitrogen and oxygen atoms in total. The third kappa shape index (κ3) is 3.99. The highest BCUT2D eigenvalue weighted by molar-refractivity contribution is 6.08. The summed E-state index contributed by atoms with van der Waals surface area (Å²) in [7, 11) is 0. The smallest absolute Gasteiger partial charge is 0.329 e. The number of nitrogens with one attached hydrogen (secondary N) is 1. The van der Waals surface area contributed by atoms with Crippen LogP contribution >= 0.6 is 0 Å². The summed E-state index contributed by atoms with van der Waals surface area (Å²) in [6, 6.07) is 1.90. The number of rotatable bonds is 5. The number of likely N-dealkylation sites (tertiary alicyclic amines) is 1. The molecule has 0 radical (unpaired) electrons. The van der Waals surface area contributed by atoms with Gasteiger partial charge in [-0.2, -0.15) is 0 Å². The van der Waals surface area contributed by atoms with E-state index in [4.69, 9.17) is 4.74 Å². The molecule has 156 valence electrons. The Morgan fingerprint density at radius 1 is 1.07 bits per heavy atom. The van der Waals surface area contributed by atoms with Crippen LogP contribution in [-0.2, 0) is 23.9 Å². The van der Waals surface area contributed by atoms with Gasteiger partial charge < -0.3 is 10.1 Å². The highest BCUT2D eigenvalue weighted by atomic mass is 19.1. The van der Waals surface area contributed by atoms with Gasteiger partial charge in [0.05, 0.1) is 11.8 Å². The minimum atomic E-state index is -1.39. The van der Waals surface area contributed by atoms with E-state index in [1.807, 2.05) is 5.32 Å². The van der Waals surface area contributed by atoms with Crippen molar-refractivity contribution in [3.63, 3.8) is 0 Å². The molecule has 1 aliphatic carbocycles. The fourth-order valence-corrected chi connectivity index (χ4v) is 3.84. The van der Waals surface area contributed by atoms with Crippen molar-refractivity contribution in [2.45, 2.75) is 51.7 Å². The summed E-state index contributed by atoms with van der Waals surface area (Å²) in [5.41, 5.74) is -0.651. The summed E-state index contributed by atoms with van der Waals surface area (Å²) in [6.07, 6.45) is 1.55. The monoisotopic (exact) mass is 408 g/mol. The Hall–Kier alpha value is -2.84. The lowest BCUT2D eigenvalue weighted by Gasteiger charge is -2.23. The highest BCUT2D eigenvalue weighted by Gasteiger charge is 2.51. The summed E-state index contributed by atoms with van der Waals surface area (Å²) in [6.45, 7) is 2.59. The number of hydrogen-bond donors (Lipinski definition) is 1. The summed E-state index contributed by atoms with van der Waals surface area (Å²) in [4.78, 5) is 50.6. The molecule has 2 fully saturated rings. The van der Waals surface area contributed by atoms with Crippen molar-refractivity contribution in [2.75, 3.05) is 5.32 Å². The molecular weight excluding hydrogens is 386 g/mol. The molecule has 1 heterocycles. The van der Waals surface area contributed by atoms with Crippen molar-refractivity contribution < 1.29 is 32.7 Å². The average molecular weight is 408 g/mol. The summed E-state index contributed by atoms with van der Waals surface area (Å²) < 4.78 is 32.4. The Morgan fingerprint density at radius 3 is 2.10 bits per heavy atom. The summed E-state index contributed by atoms with van der Waals surface area (Å²) in [5.74, 6) is -5.43. The number of carbonyl (C=O) groups excluding carboxylic acids is 4. The fourth-order valence-electron chi connectivity index (χ4n) is 3.84. The van der Waals surface area contributed by atoms with Crippen LogP contribution in [0.4, 0.5) is 14.5 Å². The minimum absolute atomic E-state index is 0.394. The number of carbonyl (C=O) groups is 4. The van der Waals surface area contributed by atoms with Crippen molar-refractivity contribution in [1.29, 1.82) is 0 Å². The van der Waals surface area contributed by atoms with Gasteiger partial charge in [-0.3, -0.25) is 19.3 Å². The molecule has 2 aliphatic rings. The zero-order chi connectivity index (χ0) is 21.3. The third-order valence-electron chi connectivity index (χ3n) is 5.48. The van der Waals surface area contributed by atoms with E-state index in [0.29, 0.717) is 12.8 Å². The maximum atomic E-state index is 13.7. The van der Waals surface area contributed by atoms with Gasteiger partial charge in [-0.1, -0.05) is 18.9 Å². The van der Waals surface area contributed by atoms with Gasteiger partial charge in [-0.15, -0.1) is 0 Å². The van der Waals surface area contributed by atoms with E-state index >= 15 is 0 Å². The van der Waals surface area contributed by atoms with Gasteiger partial charge in [0.25, 0.3) is 5.91 Å². The topological polar surface area (TPSA) is 92.8 Å². The number of anilines is 1. The average Bonchev–Trinajstić information content (AvgIpc) is 2.95. The lowest BCUT2D eigenvalue weighted by atomic mass is 9.81. The number of nitrogens with zero attached hydrogens (tertiary/aromatic N) is 1. The Kier molecular flexibility index (Phi) is 5.95. The standard InChI is InChI=1S/C20H22F2N2O5/c1-10(24-18(26)12-6-3-4-7-13(12)19(24)27)20(28)29-11(2)17(25)23-16-14(21)8-5-9-15(16)22/h5,8-13H,3-4,6-7H2,1-2H3,(H,23,25)/t10-,11+,12-,13+/m0/s1. The second-order valence-electron chi connectivity index (χ2n) is 7.38. The van der Waals surface area contributed by atoms with E-state index in [0.717, 1.165) is 35.9 Å². The van der Waals surface area contributed by atoms with Crippen LogP contribution in [-0.4, -0.2) is 40.7 Å². The Morgan fingerprint density at radius 2 is 1.59 bits per heavy atom.